The zero-order valence-corrected chi connectivity index (χ0v) is 18.9. The van der Waals surface area contributed by atoms with Crippen molar-refractivity contribution >= 4 is 11.6 Å². The van der Waals surface area contributed by atoms with E-state index in [0.29, 0.717) is 45.7 Å². The first-order valence-electron chi connectivity index (χ1n) is 10.7. The minimum atomic E-state index is -0.251. The normalized spacial score (nSPS) is 10.8. The third-order valence-corrected chi connectivity index (χ3v) is 5.46. The molecule has 174 valence electrons. The van der Waals surface area contributed by atoms with Gasteiger partial charge in [0.15, 0.2) is 34.6 Å². The first-order valence-corrected chi connectivity index (χ1v) is 10.7. The molecule has 0 spiro atoms. The molecule has 0 fully saturated rings. The summed E-state index contributed by atoms with van der Waals surface area (Å²) in [5.41, 5.74) is 0.966. The van der Waals surface area contributed by atoms with Crippen molar-refractivity contribution in [1.29, 1.82) is 0 Å². The van der Waals surface area contributed by atoms with Gasteiger partial charge in [-0.15, -0.1) is 0 Å². The Hall–Kier alpha value is -4.78. The Morgan fingerprint density at radius 2 is 0.829 bits per heavy atom. The number of carbonyl (C=O) groups excluding carboxylic acids is 2. The molecule has 7 nitrogen and oxygen atoms in total. The van der Waals surface area contributed by atoms with Gasteiger partial charge < -0.3 is 22.7 Å². The molecule has 0 bridgehead atoms. The van der Waals surface area contributed by atoms with E-state index < -0.39 is 0 Å². The first kappa shape index (κ1) is 22.0. The van der Waals surface area contributed by atoms with Gasteiger partial charge in [0.05, 0.1) is 14.2 Å². The Morgan fingerprint density at radius 1 is 0.486 bits per heavy atom. The van der Waals surface area contributed by atoms with Crippen LogP contribution in [0.4, 0.5) is 0 Å². The lowest BCUT2D eigenvalue weighted by Crippen LogP contribution is -1.99. The van der Waals surface area contributed by atoms with Crippen LogP contribution in [0.25, 0.3) is 23.0 Å². The molecule has 0 amide bonds. The maximum atomic E-state index is 12.7. The fraction of sp³-hybridized carbons (Fsp3) is 0.0714. The van der Waals surface area contributed by atoms with Crippen molar-refractivity contribution in [2.24, 2.45) is 0 Å². The molecule has 35 heavy (non-hydrogen) atoms. The minimum absolute atomic E-state index is 0.188. The Bertz CT molecular complexity index is 1370. The number of hydrogen-bond acceptors (Lipinski definition) is 7. The molecule has 0 saturated heterocycles. The summed E-state index contributed by atoms with van der Waals surface area (Å²) in [7, 11) is 3.13. The molecule has 0 atom stereocenters. The van der Waals surface area contributed by atoms with E-state index in [9.17, 15) is 9.59 Å². The molecule has 0 aliphatic rings. The van der Waals surface area contributed by atoms with Gasteiger partial charge in [-0.2, -0.15) is 0 Å². The summed E-state index contributed by atoms with van der Waals surface area (Å²) in [5, 5.41) is 0. The van der Waals surface area contributed by atoms with Crippen LogP contribution in [0.1, 0.15) is 32.2 Å². The van der Waals surface area contributed by atoms with Gasteiger partial charge in [-0.3, -0.25) is 9.59 Å². The monoisotopic (exact) mass is 468 g/mol. The topological polar surface area (TPSA) is 92.0 Å². The summed E-state index contributed by atoms with van der Waals surface area (Å²) in [6.45, 7) is 0. The van der Waals surface area contributed by atoms with Crippen molar-refractivity contribution in [1.82, 2.24) is 0 Å². The van der Waals surface area contributed by atoms with Crippen molar-refractivity contribution in [2.45, 2.75) is 0 Å². The van der Waals surface area contributed by atoms with Crippen molar-refractivity contribution in [2.75, 3.05) is 14.2 Å². The van der Waals surface area contributed by atoms with Crippen LogP contribution in [0, 0.1) is 0 Å². The molecule has 0 aliphatic carbocycles. The first-order chi connectivity index (χ1) is 17.1. The number of carbonyl (C=O) groups is 2. The number of rotatable bonds is 8. The molecular formula is C28H20O7. The van der Waals surface area contributed by atoms with Gasteiger partial charge in [0.2, 0.25) is 11.6 Å². The number of methoxy groups -OCH3 is 2. The number of ether oxygens (including phenoxy) is 2. The highest BCUT2D eigenvalue weighted by Gasteiger charge is 2.19. The molecule has 5 rings (SSSR count). The summed E-state index contributed by atoms with van der Waals surface area (Å²) in [5.74, 6) is 2.84. The number of benzene rings is 2. The lowest BCUT2D eigenvalue weighted by Gasteiger charge is -2.01. The third kappa shape index (κ3) is 4.39. The SMILES string of the molecule is COc1ccc(C(=O)c2ccc(-c3ccc(-c4ccc(C(=O)c5ccc(OC)cc5)o4)o3)o2)cc1. The fourth-order valence-corrected chi connectivity index (χ4v) is 3.56. The van der Waals surface area contributed by atoms with Gasteiger partial charge >= 0.3 is 0 Å². The van der Waals surface area contributed by atoms with E-state index >= 15 is 0 Å². The Labute approximate surface area is 200 Å². The van der Waals surface area contributed by atoms with Crippen molar-refractivity contribution < 1.29 is 32.3 Å². The maximum Gasteiger partial charge on any atom is 0.228 e. The van der Waals surface area contributed by atoms with E-state index in [4.69, 9.17) is 22.7 Å². The van der Waals surface area contributed by atoms with Gasteiger partial charge in [-0.05, 0) is 84.9 Å². The van der Waals surface area contributed by atoms with Gasteiger partial charge in [-0.25, -0.2) is 0 Å². The molecule has 0 radical (unpaired) electrons. The largest absolute Gasteiger partial charge is 0.497 e. The third-order valence-electron chi connectivity index (χ3n) is 5.46. The van der Waals surface area contributed by atoms with Crippen LogP contribution < -0.4 is 9.47 Å². The van der Waals surface area contributed by atoms with E-state index in [2.05, 4.69) is 0 Å². The summed E-state index contributed by atoms with van der Waals surface area (Å²) in [4.78, 5) is 25.4. The zero-order chi connectivity index (χ0) is 24.4. The average molecular weight is 468 g/mol. The van der Waals surface area contributed by atoms with E-state index in [-0.39, 0.29) is 23.1 Å². The van der Waals surface area contributed by atoms with Gasteiger partial charge in [0, 0.05) is 11.1 Å². The quantitative estimate of drug-likeness (QED) is 0.248. The lowest BCUT2D eigenvalue weighted by molar-refractivity contribution is 0.100. The summed E-state index contributed by atoms with van der Waals surface area (Å²) < 4.78 is 27.6. The minimum Gasteiger partial charge on any atom is -0.497 e. The van der Waals surface area contributed by atoms with Crippen LogP contribution in [0.3, 0.4) is 0 Å². The van der Waals surface area contributed by atoms with Crippen LogP contribution in [0.5, 0.6) is 11.5 Å². The molecular weight excluding hydrogens is 448 g/mol. The van der Waals surface area contributed by atoms with Crippen LogP contribution in [-0.4, -0.2) is 25.8 Å². The standard InChI is InChI=1S/C28H20O7/c1-31-19-7-3-17(4-8-19)27(29)25-15-13-23(34-25)21-11-12-22(33-21)24-14-16-26(35-24)28(30)18-5-9-20(32-2)10-6-18/h3-16H,1-2H3. The highest BCUT2D eigenvalue weighted by molar-refractivity contribution is 6.08. The molecule has 0 aliphatic heterocycles. The van der Waals surface area contributed by atoms with Gasteiger partial charge in [0.25, 0.3) is 0 Å². The molecule has 7 heteroatoms. The highest BCUT2D eigenvalue weighted by atomic mass is 16.5. The Kier molecular flexibility index (Phi) is 5.81. The predicted octanol–water partition coefficient (Wildman–Crippen LogP) is 6.28. The van der Waals surface area contributed by atoms with Gasteiger partial charge in [-0.1, -0.05) is 0 Å². The van der Waals surface area contributed by atoms with E-state index in [1.807, 2.05) is 0 Å². The van der Waals surface area contributed by atoms with E-state index in [1.165, 1.54) is 0 Å². The van der Waals surface area contributed by atoms with Gasteiger partial charge in [0.1, 0.15) is 11.5 Å². The van der Waals surface area contributed by atoms with Crippen molar-refractivity contribution in [3.05, 3.63) is 108 Å². The molecule has 2 aromatic carbocycles. The second kappa shape index (κ2) is 9.23. The fourth-order valence-electron chi connectivity index (χ4n) is 3.56. The molecule has 0 N–H and O–H groups in total. The average Bonchev–Trinajstić information content (AvgIpc) is 3.68. The molecule has 0 saturated carbocycles. The van der Waals surface area contributed by atoms with Crippen LogP contribution in [-0.2, 0) is 0 Å². The zero-order valence-electron chi connectivity index (χ0n) is 18.9. The van der Waals surface area contributed by atoms with Crippen molar-refractivity contribution in [3.63, 3.8) is 0 Å². The molecule has 0 unspecified atom stereocenters. The summed E-state index contributed by atoms with van der Waals surface area (Å²) >= 11 is 0. The molecule has 3 aromatic heterocycles. The predicted molar refractivity (Wildman–Crippen MR) is 127 cm³/mol. The Morgan fingerprint density at radius 3 is 1.20 bits per heavy atom. The van der Waals surface area contributed by atoms with Crippen LogP contribution in [0.2, 0.25) is 0 Å². The van der Waals surface area contributed by atoms with E-state index in [1.54, 1.807) is 99.1 Å². The Balaban J connectivity index is 1.32. The van der Waals surface area contributed by atoms with Crippen molar-refractivity contribution in [3.8, 4) is 34.5 Å². The highest BCUT2D eigenvalue weighted by Crippen LogP contribution is 2.32. The maximum absolute atomic E-state index is 12.7. The second-order valence-electron chi connectivity index (χ2n) is 7.61. The summed E-state index contributed by atoms with van der Waals surface area (Å²) in [6.07, 6.45) is 0. The number of hydrogen-bond donors (Lipinski definition) is 0. The number of ketones is 2. The lowest BCUT2D eigenvalue weighted by atomic mass is 10.1. The second-order valence-corrected chi connectivity index (χ2v) is 7.61. The van der Waals surface area contributed by atoms with Crippen LogP contribution >= 0.6 is 0 Å². The van der Waals surface area contributed by atoms with E-state index in [0.717, 1.165) is 0 Å². The summed E-state index contributed by atoms with van der Waals surface area (Å²) in [6, 6.07) is 23.5. The molecule has 5 aromatic rings. The number of furan rings is 3. The molecule has 3 heterocycles. The smallest absolute Gasteiger partial charge is 0.228 e. The van der Waals surface area contributed by atoms with Crippen LogP contribution in [0.15, 0.2) is 98.2 Å².